The van der Waals surface area contributed by atoms with Crippen LogP contribution in [0.2, 0.25) is 0 Å². The van der Waals surface area contributed by atoms with Crippen LogP contribution in [-0.4, -0.2) is 42.5 Å². The molecule has 2 rings (SSSR count). The van der Waals surface area contributed by atoms with Gasteiger partial charge in [0.05, 0.1) is 6.61 Å². The Morgan fingerprint density at radius 1 is 1.41 bits per heavy atom. The van der Waals surface area contributed by atoms with Gasteiger partial charge in [-0.1, -0.05) is 11.8 Å². The number of nitrogen functional groups attached to an aromatic ring is 1. The molecule has 3 N–H and O–H groups in total. The fourth-order valence-electron chi connectivity index (χ4n) is 1.72. The summed E-state index contributed by atoms with van der Waals surface area (Å²) in [5.74, 6) is 6.96. The van der Waals surface area contributed by atoms with Gasteiger partial charge in [-0.25, -0.2) is 15.8 Å². The van der Waals surface area contributed by atoms with Crippen LogP contribution >= 0.6 is 11.8 Å². The number of aromatic nitrogens is 2. The Kier molecular flexibility index (Phi) is 4.41. The smallest absolute Gasteiger partial charge is 0.191 e. The molecule has 0 amide bonds. The van der Waals surface area contributed by atoms with Crippen LogP contribution in [0.25, 0.3) is 0 Å². The molecule has 0 atom stereocenters. The van der Waals surface area contributed by atoms with Crippen molar-refractivity contribution in [3.63, 3.8) is 0 Å². The van der Waals surface area contributed by atoms with Gasteiger partial charge in [-0.05, 0) is 12.7 Å². The maximum atomic E-state index is 5.43. The minimum absolute atomic E-state index is 0.643. The van der Waals surface area contributed by atoms with E-state index < -0.39 is 0 Å². The van der Waals surface area contributed by atoms with Crippen molar-refractivity contribution in [3.05, 3.63) is 6.07 Å². The minimum atomic E-state index is 0.643. The number of rotatable bonds is 3. The van der Waals surface area contributed by atoms with Gasteiger partial charge in [-0.3, -0.25) is 0 Å². The number of nitrogens with zero attached hydrogens (tertiary/aromatic N) is 3. The molecule has 6 nitrogen and oxygen atoms in total. The Morgan fingerprint density at radius 2 is 2.29 bits per heavy atom. The first-order valence-corrected chi connectivity index (χ1v) is 6.78. The number of hydrazine groups is 1. The van der Waals surface area contributed by atoms with E-state index in [1.165, 1.54) is 11.8 Å². The molecule has 0 unspecified atom stereocenters. The van der Waals surface area contributed by atoms with Gasteiger partial charge in [-0.2, -0.15) is 0 Å². The summed E-state index contributed by atoms with van der Waals surface area (Å²) in [6.07, 6.45) is 2.97. The predicted octanol–water partition coefficient (Wildman–Crippen LogP) is 0.711. The highest BCUT2D eigenvalue weighted by Gasteiger charge is 2.13. The van der Waals surface area contributed by atoms with E-state index in [1.54, 1.807) is 0 Å². The number of anilines is 2. The van der Waals surface area contributed by atoms with Crippen LogP contribution in [0.15, 0.2) is 11.2 Å². The summed E-state index contributed by atoms with van der Waals surface area (Å²) in [4.78, 5) is 10.9. The summed E-state index contributed by atoms with van der Waals surface area (Å²) >= 11 is 1.51. The topological polar surface area (TPSA) is 76.3 Å². The van der Waals surface area contributed by atoms with E-state index in [4.69, 9.17) is 10.6 Å². The normalized spacial score (nSPS) is 16.7. The van der Waals surface area contributed by atoms with Gasteiger partial charge in [0.1, 0.15) is 11.6 Å². The molecular weight excluding hydrogens is 238 g/mol. The quantitative estimate of drug-likeness (QED) is 0.356. The summed E-state index contributed by atoms with van der Waals surface area (Å²) < 4.78 is 5.43. The standard InChI is InChI=1S/C10H17N5OS/c1-17-10-12-8(14-11)7-9(13-10)15-3-2-5-16-6-4-15/h7H,2-6,11H2,1H3,(H,12,13,14). The second-order valence-corrected chi connectivity index (χ2v) is 4.47. The van der Waals surface area contributed by atoms with Crippen molar-refractivity contribution in [3.8, 4) is 0 Å². The second-order valence-electron chi connectivity index (χ2n) is 3.70. The molecule has 1 aliphatic rings. The Hall–Kier alpha value is -1.05. The molecule has 0 bridgehead atoms. The van der Waals surface area contributed by atoms with Crippen LogP contribution in [0.3, 0.4) is 0 Å². The second kappa shape index (κ2) is 6.04. The zero-order valence-corrected chi connectivity index (χ0v) is 10.7. The van der Waals surface area contributed by atoms with Crippen molar-refractivity contribution >= 4 is 23.4 Å². The molecule has 1 saturated heterocycles. The van der Waals surface area contributed by atoms with Gasteiger partial charge in [0.2, 0.25) is 0 Å². The highest BCUT2D eigenvalue weighted by molar-refractivity contribution is 7.98. The van der Waals surface area contributed by atoms with E-state index in [1.807, 2.05) is 12.3 Å². The van der Waals surface area contributed by atoms with Gasteiger partial charge in [0.15, 0.2) is 5.16 Å². The number of hydrogen-bond acceptors (Lipinski definition) is 7. The van der Waals surface area contributed by atoms with Gasteiger partial charge < -0.3 is 15.1 Å². The maximum absolute atomic E-state index is 5.43. The third-order valence-electron chi connectivity index (χ3n) is 2.57. The van der Waals surface area contributed by atoms with Crippen molar-refractivity contribution in [2.75, 3.05) is 42.9 Å². The number of ether oxygens (including phenoxy) is 1. The minimum Gasteiger partial charge on any atom is -0.380 e. The van der Waals surface area contributed by atoms with Crippen molar-refractivity contribution < 1.29 is 4.74 Å². The first-order chi connectivity index (χ1) is 8.33. The number of hydrogen-bond donors (Lipinski definition) is 2. The average molecular weight is 255 g/mol. The highest BCUT2D eigenvalue weighted by atomic mass is 32.2. The van der Waals surface area contributed by atoms with Crippen LogP contribution in [0.1, 0.15) is 6.42 Å². The van der Waals surface area contributed by atoms with Gasteiger partial charge >= 0.3 is 0 Å². The molecule has 0 saturated carbocycles. The molecule has 0 aromatic carbocycles. The van der Waals surface area contributed by atoms with Crippen LogP contribution < -0.4 is 16.2 Å². The molecule has 7 heteroatoms. The third kappa shape index (κ3) is 3.21. The first-order valence-electron chi connectivity index (χ1n) is 5.56. The predicted molar refractivity (Wildman–Crippen MR) is 69.3 cm³/mol. The number of nitrogens with one attached hydrogen (secondary N) is 1. The van der Waals surface area contributed by atoms with Crippen LogP contribution in [0.5, 0.6) is 0 Å². The molecule has 1 fully saturated rings. The van der Waals surface area contributed by atoms with Crippen LogP contribution in [0, 0.1) is 0 Å². The fourth-order valence-corrected chi connectivity index (χ4v) is 2.09. The molecule has 0 radical (unpaired) electrons. The summed E-state index contributed by atoms with van der Waals surface area (Å²) in [6.45, 7) is 3.37. The van der Waals surface area contributed by atoms with Crippen molar-refractivity contribution in [1.29, 1.82) is 0 Å². The molecule has 0 aliphatic carbocycles. The molecule has 94 valence electrons. The average Bonchev–Trinajstić information content (AvgIpc) is 2.67. The zero-order valence-electron chi connectivity index (χ0n) is 9.85. The monoisotopic (exact) mass is 255 g/mol. The lowest BCUT2D eigenvalue weighted by Crippen LogP contribution is -2.27. The van der Waals surface area contributed by atoms with Crippen molar-refractivity contribution in [2.24, 2.45) is 5.84 Å². The molecule has 0 spiro atoms. The fraction of sp³-hybridized carbons (Fsp3) is 0.600. The first kappa shape index (κ1) is 12.4. The SMILES string of the molecule is CSc1nc(NN)cc(N2CCCOCC2)n1. The Bertz CT molecular complexity index is 345. The van der Waals surface area contributed by atoms with Crippen molar-refractivity contribution in [1.82, 2.24) is 9.97 Å². The molecule has 1 aromatic rings. The molecule has 1 aliphatic heterocycles. The lowest BCUT2D eigenvalue weighted by Gasteiger charge is -2.21. The van der Waals surface area contributed by atoms with E-state index >= 15 is 0 Å². The maximum Gasteiger partial charge on any atom is 0.191 e. The summed E-state index contributed by atoms with van der Waals surface area (Å²) in [6, 6.07) is 1.87. The van der Waals surface area contributed by atoms with Crippen LogP contribution in [-0.2, 0) is 4.74 Å². The van der Waals surface area contributed by atoms with Gasteiger partial charge in [-0.15, -0.1) is 0 Å². The van der Waals surface area contributed by atoms with Crippen LogP contribution in [0.4, 0.5) is 11.6 Å². The van der Waals surface area contributed by atoms with E-state index in [0.29, 0.717) is 5.82 Å². The molecule has 1 aromatic heterocycles. The summed E-state index contributed by atoms with van der Waals surface area (Å²) in [7, 11) is 0. The summed E-state index contributed by atoms with van der Waals surface area (Å²) in [5, 5.41) is 0.723. The van der Waals surface area contributed by atoms with Gasteiger partial charge in [0.25, 0.3) is 0 Å². The number of nitrogens with two attached hydrogens (primary N) is 1. The number of thioether (sulfide) groups is 1. The lowest BCUT2D eigenvalue weighted by molar-refractivity contribution is 0.152. The Labute approximate surface area is 105 Å². The zero-order chi connectivity index (χ0) is 12.1. The van der Waals surface area contributed by atoms with E-state index in [2.05, 4.69) is 20.3 Å². The van der Waals surface area contributed by atoms with Gasteiger partial charge in [0, 0.05) is 25.8 Å². The Balaban J connectivity index is 2.22. The van der Waals surface area contributed by atoms with E-state index in [-0.39, 0.29) is 0 Å². The molecule has 2 heterocycles. The largest absolute Gasteiger partial charge is 0.380 e. The van der Waals surface area contributed by atoms with Crippen molar-refractivity contribution in [2.45, 2.75) is 11.6 Å². The molecule has 17 heavy (non-hydrogen) atoms. The third-order valence-corrected chi connectivity index (χ3v) is 3.12. The lowest BCUT2D eigenvalue weighted by atomic mass is 10.4. The summed E-state index contributed by atoms with van der Waals surface area (Å²) in [5.41, 5.74) is 2.57. The highest BCUT2D eigenvalue weighted by Crippen LogP contribution is 2.20. The van der Waals surface area contributed by atoms with E-state index in [9.17, 15) is 0 Å². The molecular formula is C10H17N5OS. The Morgan fingerprint density at radius 3 is 3.06 bits per heavy atom. The van der Waals surface area contributed by atoms with E-state index in [0.717, 1.165) is 43.7 Å².